The minimum atomic E-state index is -5.84. The lowest BCUT2D eigenvalue weighted by atomic mass is 10.1. The topological polar surface area (TPSA) is 9.23 Å². The molecule has 1 rings (SSSR count). The third-order valence-corrected chi connectivity index (χ3v) is 7.13. The van der Waals surface area contributed by atoms with Gasteiger partial charge < -0.3 is 15.5 Å². The van der Waals surface area contributed by atoms with Crippen LogP contribution >= 0.6 is 11.1 Å². The summed E-state index contributed by atoms with van der Waals surface area (Å²) < 4.78 is 135. The number of benzene rings is 1. The molecule has 1 aromatic rings. The summed E-state index contributed by atoms with van der Waals surface area (Å²) in [6, 6.07) is 0. The summed E-state index contributed by atoms with van der Waals surface area (Å²) in [6.07, 6.45) is -9.80. The molecule has 0 N–H and O–H groups in total. The maximum atomic E-state index is 13.9. The molecule has 24 heavy (non-hydrogen) atoms. The first-order chi connectivity index (χ1) is 10.8. The van der Waals surface area contributed by atoms with Crippen LogP contribution in [0.1, 0.15) is 12.5 Å². The van der Waals surface area contributed by atoms with E-state index >= 15 is 0 Å². The molecule has 0 heterocycles. The first-order valence-electron chi connectivity index (χ1n) is 5.99. The lowest BCUT2D eigenvalue weighted by Crippen LogP contribution is -2.60. The summed E-state index contributed by atoms with van der Waals surface area (Å²) in [5.74, 6) is -14.9. The second kappa shape index (κ2) is 7.08. The van der Waals surface area contributed by atoms with E-state index in [1.165, 1.54) is 0 Å². The molecule has 2 unspecified atom stereocenters. The molecule has 2 atom stereocenters. The molecule has 0 aliphatic carbocycles. The average molecular weight is 409 g/mol. The van der Waals surface area contributed by atoms with Gasteiger partial charge in [0.05, 0.1) is 5.79 Å². The van der Waals surface area contributed by atoms with Crippen LogP contribution in [0.15, 0.2) is 0 Å². The van der Waals surface area contributed by atoms with Gasteiger partial charge in [0, 0.05) is 6.61 Å². The van der Waals surface area contributed by atoms with Gasteiger partial charge in [0.15, 0.2) is 19.3 Å². The maximum absolute atomic E-state index is 13.9. The molecule has 0 spiro atoms. The Kier molecular flexibility index (Phi) is 6.20. The van der Waals surface area contributed by atoms with Crippen LogP contribution in [-0.2, 0) is 10.6 Å². The third-order valence-electron chi connectivity index (χ3n) is 2.82. The van der Waals surface area contributed by atoms with E-state index in [9.17, 15) is 43.9 Å². The minimum Gasteiger partial charge on any atom is -0.549 e. The van der Waals surface area contributed by atoms with E-state index in [1.54, 1.807) is 0 Å². The fourth-order valence-corrected chi connectivity index (χ4v) is 5.09. The largest absolute Gasteiger partial charge is 0.549 e. The Balaban J connectivity index is 3.82. The molecule has 0 aromatic heterocycles. The summed E-state index contributed by atoms with van der Waals surface area (Å²) in [4.78, 5) is 0. The molecule has 0 saturated heterocycles. The van der Waals surface area contributed by atoms with Gasteiger partial charge in [-0.1, -0.05) is 5.19 Å². The molecule has 13 heteroatoms. The first-order valence-corrected chi connectivity index (χ1v) is 8.99. The van der Waals surface area contributed by atoms with Crippen molar-refractivity contribution < 1.29 is 48.3 Å². The first kappa shape index (κ1) is 21.0. The highest BCUT2D eigenvalue weighted by molar-refractivity contribution is 7.24. The van der Waals surface area contributed by atoms with Gasteiger partial charge in [-0.25, -0.2) is 26.3 Å². The van der Waals surface area contributed by atoms with Crippen LogP contribution in [0.5, 0.6) is 0 Å². The van der Waals surface area contributed by atoms with E-state index in [-0.39, 0.29) is 0 Å². The zero-order chi connectivity index (χ0) is 19.0. The number of halogens is 11. The molecule has 139 valence electrons. The van der Waals surface area contributed by atoms with Gasteiger partial charge in [-0.15, -0.1) is 0 Å². The van der Waals surface area contributed by atoms with E-state index < -0.39 is 66.6 Å². The average Bonchev–Trinajstić information content (AvgIpc) is 2.43. The van der Waals surface area contributed by atoms with E-state index in [4.69, 9.17) is 11.1 Å². The normalized spacial score (nSPS) is 16.4. The van der Waals surface area contributed by atoms with Crippen LogP contribution in [0.2, 0.25) is 0 Å². The number of alkyl halides is 6. The number of rotatable bonds is 5. The van der Waals surface area contributed by atoms with E-state index in [1.807, 2.05) is 0 Å². The summed E-state index contributed by atoms with van der Waals surface area (Å²) in [7, 11) is -5.57. The van der Waals surface area contributed by atoms with Gasteiger partial charge in [0.2, 0.25) is 6.43 Å². The van der Waals surface area contributed by atoms with Gasteiger partial charge in [-0.05, 0) is 6.92 Å². The summed E-state index contributed by atoms with van der Waals surface area (Å²) in [6.45, 7) is 0.334. The summed E-state index contributed by atoms with van der Waals surface area (Å²) in [5, 5.41) is -2.12. The molecule has 0 fully saturated rings. The Hall–Kier alpha value is -1.01. The highest BCUT2D eigenvalue weighted by Gasteiger charge is 2.47. The minimum absolute atomic E-state index is 0.702. The third kappa shape index (κ3) is 3.49. The van der Waals surface area contributed by atoms with E-state index in [0.29, 0.717) is 0 Å². The Morgan fingerprint density at radius 3 is 1.67 bits per heavy atom. The predicted molar refractivity (Wildman–Crippen MR) is 65.0 cm³/mol. The van der Waals surface area contributed by atoms with Crippen molar-refractivity contribution in [2.45, 2.75) is 25.3 Å². The van der Waals surface area contributed by atoms with Crippen molar-refractivity contribution >= 4 is 23.9 Å². The fraction of sp³-hybridized carbons (Fsp3) is 0.455. The van der Waals surface area contributed by atoms with Crippen molar-refractivity contribution in [3.8, 4) is 0 Å². The Morgan fingerprint density at radius 1 is 0.958 bits per heavy atom. The Labute approximate surface area is 134 Å². The van der Waals surface area contributed by atoms with Crippen molar-refractivity contribution in [1.82, 2.24) is 0 Å². The molecule has 0 aliphatic rings. The molecule has 1 aromatic carbocycles. The lowest BCUT2D eigenvalue weighted by Gasteiger charge is -2.40. The van der Waals surface area contributed by atoms with Crippen molar-refractivity contribution in [1.29, 1.82) is 0 Å². The van der Waals surface area contributed by atoms with Crippen LogP contribution < -0.4 is 5.19 Å². The fourth-order valence-electron chi connectivity index (χ4n) is 1.84. The summed E-state index contributed by atoms with van der Waals surface area (Å²) in [5.41, 5.74) is -2.93. The van der Waals surface area contributed by atoms with Gasteiger partial charge in [-0.3, -0.25) is 4.39 Å². The molecule has 0 radical (unpaired) electrons. The zero-order valence-electron chi connectivity index (χ0n) is 11.4. The molecular formula is C11H7ClF10OSi-. The quantitative estimate of drug-likeness (QED) is 0.305. The molecule has 0 aliphatic heterocycles. The maximum Gasteiger partial charge on any atom is 0.422 e. The second-order valence-corrected chi connectivity index (χ2v) is 8.63. The summed E-state index contributed by atoms with van der Waals surface area (Å²) >= 11 is 5.40. The van der Waals surface area contributed by atoms with Gasteiger partial charge in [-0.2, -0.15) is 13.2 Å². The van der Waals surface area contributed by atoms with Gasteiger partial charge in [0.25, 0.3) is 0 Å². The van der Waals surface area contributed by atoms with Crippen LogP contribution in [0.4, 0.5) is 43.9 Å². The standard InChI is InChI=1S/C11H7ClF10OSi/c1-2-23-24(12,10(19)9(17)18)8-6(15)4(13)3(11(20,21)22)5(14)7(8)16/h9-10H,2H2,1H3/q-1. The Morgan fingerprint density at radius 2 is 1.38 bits per heavy atom. The van der Waals surface area contributed by atoms with Crippen molar-refractivity contribution in [2.75, 3.05) is 6.61 Å². The molecule has 0 amide bonds. The highest BCUT2D eigenvalue weighted by Crippen LogP contribution is 2.37. The monoisotopic (exact) mass is 408 g/mol. The Bertz CT molecular complexity index is 593. The van der Waals surface area contributed by atoms with Gasteiger partial charge in [0.1, 0.15) is 17.2 Å². The van der Waals surface area contributed by atoms with Crippen molar-refractivity contribution in [3.05, 3.63) is 28.8 Å². The second-order valence-electron chi connectivity index (χ2n) is 4.32. The zero-order valence-corrected chi connectivity index (χ0v) is 13.2. The van der Waals surface area contributed by atoms with E-state index in [0.717, 1.165) is 6.92 Å². The molecule has 1 nitrogen and oxygen atoms in total. The molecule has 0 bridgehead atoms. The van der Waals surface area contributed by atoms with Crippen LogP contribution in [-0.4, -0.2) is 26.5 Å². The van der Waals surface area contributed by atoms with Gasteiger partial charge >= 0.3 is 6.18 Å². The number of hydrogen-bond donors (Lipinski definition) is 0. The predicted octanol–water partition coefficient (Wildman–Crippen LogP) is 4.33. The lowest BCUT2D eigenvalue weighted by molar-refractivity contribution is -0.143. The highest BCUT2D eigenvalue weighted by atomic mass is 35.6. The van der Waals surface area contributed by atoms with Crippen LogP contribution in [0.25, 0.3) is 0 Å². The number of hydrogen-bond acceptors (Lipinski definition) is 1. The van der Waals surface area contributed by atoms with Crippen LogP contribution in [0, 0.1) is 23.3 Å². The van der Waals surface area contributed by atoms with Crippen molar-refractivity contribution in [3.63, 3.8) is 0 Å². The SMILES string of the molecule is CCO[Si-](Cl)(c1c(F)c(F)c(C(F)(F)F)c(F)c1F)C(F)C(F)F. The van der Waals surface area contributed by atoms with Crippen LogP contribution in [0.3, 0.4) is 0 Å². The smallest absolute Gasteiger partial charge is 0.422 e. The van der Waals surface area contributed by atoms with E-state index in [2.05, 4.69) is 4.43 Å². The molecule has 0 saturated carbocycles. The molecular weight excluding hydrogens is 402 g/mol. The van der Waals surface area contributed by atoms with Crippen molar-refractivity contribution in [2.24, 2.45) is 0 Å².